The topological polar surface area (TPSA) is 47.0 Å². The van der Waals surface area contributed by atoms with Crippen LogP contribution in [0.4, 0.5) is 5.82 Å². The van der Waals surface area contributed by atoms with Crippen LogP contribution in [0.5, 0.6) is 11.6 Å². The van der Waals surface area contributed by atoms with E-state index in [0.717, 1.165) is 27.4 Å². The fraction of sp³-hybridized carbons (Fsp3) is 0.333. The molecule has 4 nitrogen and oxygen atoms in total. The van der Waals surface area contributed by atoms with Crippen molar-refractivity contribution < 1.29 is 4.74 Å². The lowest BCUT2D eigenvalue weighted by Gasteiger charge is -2.10. The van der Waals surface area contributed by atoms with Crippen molar-refractivity contribution in [1.29, 1.82) is 0 Å². The molecule has 0 saturated heterocycles. The van der Waals surface area contributed by atoms with Crippen molar-refractivity contribution in [3.05, 3.63) is 40.1 Å². The molecule has 104 valence electrons. The van der Waals surface area contributed by atoms with E-state index in [-0.39, 0.29) is 0 Å². The number of rotatable bonds is 4. The predicted octanol–water partition coefficient (Wildman–Crippen LogP) is 4.26. The maximum atomic E-state index is 5.91. The Morgan fingerprint density at radius 1 is 1.25 bits per heavy atom. The highest BCUT2D eigenvalue weighted by atomic mass is 79.9. The summed E-state index contributed by atoms with van der Waals surface area (Å²) >= 11 is 3.45. The quantitative estimate of drug-likeness (QED) is 0.908. The first-order chi connectivity index (χ1) is 9.65. The van der Waals surface area contributed by atoms with Gasteiger partial charge in [0, 0.05) is 23.5 Å². The average molecular weight is 334 g/mol. The third-order valence-corrected chi connectivity index (χ3v) is 3.76. The third kappa shape index (κ3) is 2.93. The molecule has 2 aromatic rings. The van der Waals surface area contributed by atoms with Gasteiger partial charge in [-0.05, 0) is 43.5 Å². The predicted molar refractivity (Wildman–Crippen MR) is 82.5 cm³/mol. The lowest BCUT2D eigenvalue weighted by molar-refractivity contribution is 0.455. The molecule has 1 heterocycles. The van der Waals surface area contributed by atoms with Crippen LogP contribution < -0.4 is 10.1 Å². The monoisotopic (exact) mass is 333 g/mol. The summed E-state index contributed by atoms with van der Waals surface area (Å²) in [5.41, 5.74) is 1.07. The highest BCUT2D eigenvalue weighted by Gasteiger charge is 2.27. The number of aryl methyl sites for hydroxylation is 1. The standard InChI is InChI=1S/C15H16BrN3O/c1-9-7-11(16)5-6-12(9)20-14-8-13(17-2)18-15(19-14)10-3-4-10/h5-8,10H,3-4H2,1-2H3,(H,17,18,19). The minimum Gasteiger partial charge on any atom is -0.439 e. The lowest BCUT2D eigenvalue weighted by Crippen LogP contribution is -2.01. The largest absolute Gasteiger partial charge is 0.439 e. The van der Waals surface area contributed by atoms with Gasteiger partial charge in [0.1, 0.15) is 17.4 Å². The summed E-state index contributed by atoms with van der Waals surface area (Å²) in [6.07, 6.45) is 2.34. The summed E-state index contributed by atoms with van der Waals surface area (Å²) in [6.45, 7) is 2.02. The molecule has 0 aliphatic heterocycles. The number of nitrogens with zero attached hydrogens (tertiary/aromatic N) is 2. The number of benzene rings is 1. The number of nitrogens with one attached hydrogen (secondary N) is 1. The van der Waals surface area contributed by atoms with Gasteiger partial charge in [0.25, 0.3) is 0 Å². The molecule has 0 bridgehead atoms. The highest BCUT2D eigenvalue weighted by Crippen LogP contribution is 2.39. The van der Waals surface area contributed by atoms with Crippen molar-refractivity contribution >= 4 is 21.7 Å². The zero-order valence-corrected chi connectivity index (χ0v) is 13.1. The Hall–Kier alpha value is -1.62. The van der Waals surface area contributed by atoms with Crippen LogP contribution in [0.2, 0.25) is 0 Å². The summed E-state index contributed by atoms with van der Waals surface area (Å²) in [4.78, 5) is 9.00. The van der Waals surface area contributed by atoms with Crippen LogP contribution >= 0.6 is 15.9 Å². The van der Waals surface area contributed by atoms with Crippen molar-refractivity contribution in [3.8, 4) is 11.6 Å². The van der Waals surface area contributed by atoms with Gasteiger partial charge in [-0.3, -0.25) is 0 Å². The van der Waals surface area contributed by atoms with Gasteiger partial charge in [-0.15, -0.1) is 0 Å². The van der Waals surface area contributed by atoms with Crippen LogP contribution in [0.1, 0.15) is 30.1 Å². The number of hydrogen-bond donors (Lipinski definition) is 1. The minimum atomic E-state index is 0.497. The zero-order chi connectivity index (χ0) is 14.1. The molecule has 1 saturated carbocycles. The number of aromatic nitrogens is 2. The lowest BCUT2D eigenvalue weighted by atomic mass is 10.2. The molecular formula is C15H16BrN3O. The van der Waals surface area contributed by atoms with Crippen LogP contribution in [0.15, 0.2) is 28.7 Å². The number of hydrogen-bond acceptors (Lipinski definition) is 4. The van der Waals surface area contributed by atoms with Gasteiger partial charge in [0.2, 0.25) is 5.88 Å². The van der Waals surface area contributed by atoms with Crippen LogP contribution in [0.25, 0.3) is 0 Å². The summed E-state index contributed by atoms with van der Waals surface area (Å²) in [7, 11) is 1.85. The van der Waals surface area contributed by atoms with E-state index in [9.17, 15) is 0 Å². The van der Waals surface area contributed by atoms with E-state index in [1.165, 1.54) is 12.8 Å². The van der Waals surface area contributed by atoms with E-state index in [4.69, 9.17) is 4.74 Å². The van der Waals surface area contributed by atoms with Gasteiger partial charge in [-0.1, -0.05) is 15.9 Å². The fourth-order valence-corrected chi connectivity index (χ4v) is 2.46. The van der Waals surface area contributed by atoms with Gasteiger partial charge < -0.3 is 10.1 Å². The maximum Gasteiger partial charge on any atom is 0.224 e. The van der Waals surface area contributed by atoms with E-state index in [2.05, 4.69) is 31.2 Å². The van der Waals surface area contributed by atoms with Crippen LogP contribution in [0.3, 0.4) is 0 Å². The Morgan fingerprint density at radius 3 is 2.70 bits per heavy atom. The number of anilines is 1. The van der Waals surface area contributed by atoms with Crippen LogP contribution in [-0.4, -0.2) is 17.0 Å². The number of ether oxygens (including phenoxy) is 1. The molecule has 1 aliphatic rings. The average Bonchev–Trinajstić information content (AvgIpc) is 3.26. The van der Waals surface area contributed by atoms with Gasteiger partial charge in [0.15, 0.2) is 0 Å². The molecule has 0 spiro atoms. The maximum absolute atomic E-state index is 5.91. The second-order valence-electron chi connectivity index (χ2n) is 4.99. The van der Waals surface area contributed by atoms with E-state index in [1.54, 1.807) is 0 Å². The molecule has 1 N–H and O–H groups in total. The van der Waals surface area contributed by atoms with Gasteiger partial charge in [-0.2, -0.15) is 4.98 Å². The first kappa shape index (κ1) is 13.4. The molecule has 0 atom stereocenters. The van der Waals surface area contributed by atoms with E-state index < -0.39 is 0 Å². The van der Waals surface area contributed by atoms with Crippen molar-refractivity contribution in [2.45, 2.75) is 25.7 Å². The number of halogens is 1. The van der Waals surface area contributed by atoms with E-state index in [0.29, 0.717) is 11.8 Å². The molecule has 0 unspecified atom stereocenters. The minimum absolute atomic E-state index is 0.497. The Labute approximate surface area is 126 Å². The Bertz CT molecular complexity index is 641. The van der Waals surface area contributed by atoms with Gasteiger partial charge >= 0.3 is 0 Å². The van der Waals surface area contributed by atoms with E-state index >= 15 is 0 Å². The Morgan fingerprint density at radius 2 is 2.05 bits per heavy atom. The first-order valence-corrected chi connectivity index (χ1v) is 7.46. The molecule has 20 heavy (non-hydrogen) atoms. The van der Waals surface area contributed by atoms with Crippen molar-refractivity contribution in [2.24, 2.45) is 0 Å². The zero-order valence-electron chi connectivity index (χ0n) is 11.5. The van der Waals surface area contributed by atoms with E-state index in [1.807, 2.05) is 38.2 Å². The summed E-state index contributed by atoms with van der Waals surface area (Å²) in [5, 5.41) is 3.06. The Balaban J connectivity index is 1.91. The molecule has 5 heteroatoms. The summed E-state index contributed by atoms with van der Waals surface area (Å²) in [5.74, 6) is 3.58. The highest BCUT2D eigenvalue weighted by molar-refractivity contribution is 9.10. The fourth-order valence-electron chi connectivity index (χ4n) is 1.99. The molecule has 3 rings (SSSR count). The second-order valence-corrected chi connectivity index (χ2v) is 5.90. The molecule has 1 aromatic heterocycles. The molecule has 1 fully saturated rings. The van der Waals surface area contributed by atoms with Gasteiger partial charge in [0.05, 0.1) is 0 Å². The van der Waals surface area contributed by atoms with Crippen LogP contribution in [0, 0.1) is 6.92 Å². The molecule has 0 radical (unpaired) electrons. The molecule has 0 amide bonds. The molecule has 1 aliphatic carbocycles. The third-order valence-electron chi connectivity index (χ3n) is 3.27. The summed E-state index contributed by atoms with van der Waals surface area (Å²) in [6, 6.07) is 7.76. The normalized spacial score (nSPS) is 14.2. The van der Waals surface area contributed by atoms with Crippen molar-refractivity contribution in [1.82, 2.24) is 9.97 Å². The molecule has 1 aromatic carbocycles. The smallest absolute Gasteiger partial charge is 0.224 e. The van der Waals surface area contributed by atoms with Crippen molar-refractivity contribution in [2.75, 3.05) is 12.4 Å². The summed E-state index contributed by atoms with van der Waals surface area (Å²) < 4.78 is 6.95. The molecular weight excluding hydrogens is 318 g/mol. The van der Waals surface area contributed by atoms with Gasteiger partial charge in [-0.25, -0.2) is 4.98 Å². The SMILES string of the molecule is CNc1cc(Oc2ccc(Br)cc2C)nc(C2CC2)n1. The first-order valence-electron chi connectivity index (χ1n) is 6.66. The second kappa shape index (κ2) is 5.40. The van der Waals surface area contributed by atoms with Crippen molar-refractivity contribution in [3.63, 3.8) is 0 Å². The Kier molecular flexibility index (Phi) is 3.61. The van der Waals surface area contributed by atoms with Crippen LogP contribution in [-0.2, 0) is 0 Å².